The number of nitrogens with one attached hydrogen (secondary N) is 3. The molecule has 0 spiro atoms. The fourth-order valence-electron chi connectivity index (χ4n) is 3.62. The normalized spacial score (nSPS) is 15.1. The Morgan fingerprint density at radius 3 is 2.58 bits per heavy atom. The van der Waals surface area contributed by atoms with Crippen LogP contribution in [0.3, 0.4) is 0 Å². The number of carbonyl (C=O) groups is 2. The average Bonchev–Trinajstić information content (AvgIpc) is 2.87. The lowest BCUT2D eigenvalue weighted by atomic mass is 9.95. The Kier molecular flexibility index (Phi) is 9.23. The monoisotopic (exact) mass is 512 g/mol. The summed E-state index contributed by atoms with van der Waals surface area (Å²) < 4.78 is 21.6. The number of allylic oxidation sites excluding steroid dienone is 1. The zero-order chi connectivity index (χ0) is 26.1. The highest BCUT2D eigenvalue weighted by atomic mass is 32.1. The van der Waals surface area contributed by atoms with Crippen molar-refractivity contribution < 1.29 is 28.5 Å². The van der Waals surface area contributed by atoms with Crippen molar-refractivity contribution in [3.05, 3.63) is 64.9 Å². The number of rotatable bonds is 10. The maximum atomic E-state index is 12.7. The summed E-state index contributed by atoms with van der Waals surface area (Å²) in [6.07, 6.45) is 1.45. The molecule has 0 bridgehead atoms. The summed E-state index contributed by atoms with van der Waals surface area (Å²) in [5.74, 6) is 0.496. The van der Waals surface area contributed by atoms with E-state index in [1.807, 2.05) is 0 Å². The molecule has 3 rings (SSSR count). The van der Waals surface area contributed by atoms with Gasteiger partial charge in [0.15, 0.2) is 23.2 Å². The van der Waals surface area contributed by atoms with Crippen LogP contribution < -0.4 is 30.3 Å². The molecule has 0 saturated heterocycles. The highest BCUT2D eigenvalue weighted by Gasteiger charge is 2.32. The minimum Gasteiger partial charge on any atom is -0.493 e. The van der Waals surface area contributed by atoms with Crippen molar-refractivity contribution in [2.45, 2.75) is 19.9 Å². The van der Waals surface area contributed by atoms with E-state index >= 15 is 0 Å². The van der Waals surface area contributed by atoms with Crippen LogP contribution in [0.1, 0.15) is 31.0 Å². The zero-order valence-corrected chi connectivity index (χ0v) is 21.2. The molecular weight excluding hydrogens is 484 g/mol. The zero-order valence-electron chi connectivity index (χ0n) is 20.4. The first kappa shape index (κ1) is 26.5. The van der Waals surface area contributed by atoms with Gasteiger partial charge < -0.3 is 29.6 Å². The summed E-state index contributed by atoms with van der Waals surface area (Å²) in [5, 5.41) is 10.4. The molecule has 3 N–H and O–H groups in total. The number of esters is 1. The number of hydrogen-bond donors (Lipinski definition) is 3. The first-order valence-corrected chi connectivity index (χ1v) is 11.5. The van der Waals surface area contributed by atoms with Crippen LogP contribution in [-0.4, -0.2) is 50.6 Å². The van der Waals surface area contributed by atoms with E-state index in [4.69, 9.17) is 31.2 Å². The van der Waals surface area contributed by atoms with Crippen molar-refractivity contribution in [1.82, 2.24) is 16.1 Å². The fraction of sp³-hybridized carbons (Fsp3) is 0.280. The molecule has 10 nitrogen and oxygen atoms in total. The van der Waals surface area contributed by atoms with Gasteiger partial charge in [0.1, 0.15) is 5.75 Å². The molecule has 2 aromatic carbocycles. The number of hydrazone groups is 1. The van der Waals surface area contributed by atoms with Crippen molar-refractivity contribution in [2.75, 3.05) is 27.4 Å². The molecule has 0 radical (unpaired) electrons. The minimum absolute atomic E-state index is 0.229. The Hall–Kier alpha value is -4.12. The van der Waals surface area contributed by atoms with Gasteiger partial charge in [-0.3, -0.25) is 4.79 Å². The summed E-state index contributed by atoms with van der Waals surface area (Å²) in [6, 6.07) is 11.8. The van der Waals surface area contributed by atoms with Crippen LogP contribution in [0, 0.1) is 0 Å². The molecule has 0 fully saturated rings. The van der Waals surface area contributed by atoms with Crippen LogP contribution in [0.25, 0.3) is 0 Å². The largest absolute Gasteiger partial charge is 0.493 e. The maximum Gasteiger partial charge on any atom is 0.338 e. The molecule has 36 heavy (non-hydrogen) atoms. The number of hydrogen-bond acceptors (Lipinski definition) is 8. The van der Waals surface area contributed by atoms with Crippen LogP contribution in [-0.2, 0) is 14.3 Å². The molecule has 1 heterocycles. The van der Waals surface area contributed by atoms with Gasteiger partial charge in [-0.1, -0.05) is 24.3 Å². The van der Waals surface area contributed by atoms with Gasteiger partial charge in [-0.15, -0.1) is 0 Å². The van der Waals surface area contributed by atoms with Gasteiger partial charge in [0, 0.05) is 16.8 Å². The second-order valence-corrected chi connectivity index (χ2v) is 7.90. The summed E-state index contributed by atoms with van der Waals surface area (Å²) in [6.45, 7) is 3.40. The fourth-order valence-corrected chi connectivity index (χ4v) is 3.89. The van der Waals surface area contributed by atoms with E-state index in [0.717, 1.165) is 0 Å². The lowest BCUT2D eigenvalue weighted by molar-refractivity contribution is -0.139. The summed E-state index contributed by atoms with van der Waals surface area (Å²) in [4.78, 5) is 25.1. The number of para-hydroxylation sites is 2. The summed E-state index contributed by atoms with van der Waals surface area (Å²) in [7, 11) is 3.06. The summed E-state index contributed by atoms with van der Waals surface area (Å²) in [5.41, 5.74) is 4.64. The Labute approximate surface area is 214 Å². The lowest BCUT2D eigenvalue weighted by Gasteiger charge is -2.30. The van der Waals surface area contributed by atoms with Crippen LogP contribution in [0.5, 0.6) is 17.2 Å². The van der Waals surface area contributed by atoms with Gasteiger partial charge in [0.2, 0.25) is 0 Å². The molecule has 2 aromatic rings. The average molecular weight is 513 g/mol. The van der Waals surface area contributed by atoms with Gasteiger partial charge in [-0.2, -0.15) is 5.10 Å². The van der Waals surface area contributed by atoms with Crippen LogP contribution in [0.2, 0.25) is 0 Å². The molecule has 0 aliphatic carbocycles. The number of amides is 1. The maximum absolute atomic E-state index is 12.7. The van der Waals surface area contributed by atoms with Gasteiger partial charge in [-0.05, 0) is 44.3 Å². The Morgan fingerprint density at radius 1 is 1.11 bits per heavy atom. The van der Waals surface area contributed by atoms with Gasteiger partial charge >= 0.3 is 5.97 Å². The van der Waals surface area contributed by atoms with E-state index in [1.54, 1.807) is 56.3 Å². The highest BCUT2D eigenvalue weighted by Crippen LogP contribution is 2.33. The number of benzene rings is 2. The van der Waals surface area contributed by atoms with Gasteiger partial charge in [0.25, 0.3) is 5.91 Å². The van der Waals surface area contributed by atoms with Crippen molar-refractivity contribution in [3.8, 4) is 17.2 Å². The van der Waals surface area contributed by atoms with Crippen LogP contribution >= 0.6 is 12.2 Å². The van der Waals surface area contributed by atoms with E-state index in [1.165, 1.54) is 20.4 Å². The quantitative estimate of drug-likeness (QED) is 0.191. The first-order chi connectivity index (χ1) is 17.4. The van der Waals surface area contributed by atoms with Gasteiger partial charge in [-0.25, -0.2) is 10.2 Å². The molecule has 1 aliphatic rings. The number of thiocarbonyl (C=S) groups is 1. The predicted molar refractivity (Wildman–Crippen MR) is 138 cm³/mol. The standard InChI is InChI=1S/C25H28N4O6S/c1-5-34-24(31)21-15(2)27-25(36)28-22(21)17-10-6-7-11-18(17)35-14-20(30)29-26-13-16-9-8-12-19(32-3)23(16)33-4/h6-13,22H,5,14H2,1-4H3,(H,29,30)(H2,27,28,36)/t22-/m0/s1. The molecule has 0 saturated carbocycles. The number of nitrogens with zero attached hydrogens (tertiary/aromatic N) is 1. The Balaban J connectivity index is 1.72. The van der Waals surface area contributed by atoms with E-state index in [9.17, 15) is 9.59 Å². The SMILES string of the molecule is CCOC(=O)C1=C(C)NC(=S)N[C@H]1c1ccccc1OCC(=O)NN=Cc1cccc(OC)c1OC. The van der Waals surface area contributed by atoms with E-state index in [0.29, 0.717) is 44.8 Å². The second kappa shape index (κ2) is 12.5. The molecule has 11 heteroatoms. The molecule has 0 aromatic heterocycles. The topological polar surface area (TPSA) is 120 Å². The summed E-state index contributed by atoms with van der Waals surface area (Å²) >= 11 is 5.29. The predicted octanol–water partition coefficient (Wildman–Crippen LogP) is 2.59. The highest BCUT2D eigenvalue weighted by molar-refractivity contribution is 7.80. The molecule has 1 amide bonds. The smallest absolute Gasteiger partial charge is 0.338 e. The van der Waals surface area contributed by atoms with Crippen LogP contribution in [0.4, 0.5) is 0 Å². The Bertz CT molecular complexity index is 1200. The molecule has 1 atom stereocenters. The molecule has 0 unspecified atom stereocenters. The third-order valence-corrected chi connectivity index (χ3v) is 5.40. The number of methoxy groups -OCH3 is 2. The first-order valence-electron chi connectivity index (χ1n) is 11.1. The van der Waals surface area contributed by atoms with E-state index in [-0.39, 0.29) is 13.2 Å². The van der Waals surface area contributed by atoms with E-state index < -0.39 is 17.9 Å². The number of ether oxygens (including phenoxy) is 4. The third-order valence-electron chi connectivity index (χ3n) is 5.18. The van der Waals surface area contributed by atoms with Crippen molar-refractivity contribution >= 4 is 35.4 Å². The third kappa shape index (κ3) is 6.30. The van der Waals surface area contributed by atoms with Gasteiger partial charge in [0.05, 0.1) is 38.7 Å². The minimum atomic E-state index is -0.615. The molecule has 190 valence electrons. The van der Waals surface area contributed by atoms with Crippen molar-refractivity contribution in [1.29, 1.82) is 0 Å². The van der Waals surface area contributed by atoms with Crippen LogP contribution in [0.15, 0.2) is 58.8 Å². The number of carbonyl (C=O) groups excluding carboxylic acids is 2. The lowest BCUT2D eigenvalue weighted by Crippen LogP contribution is -2.45. The van der Waals surface area contributed by atoms with E-state index in [2.05, 4.69) is 21.2 Å². The second-order valence-electron chi connectivity index (χ2n) is 7.49. The van der Waals surface area contributed by atoms with Crippen molar-refractivity contribution in [3.63, 3.8) is 0 Å². The molecule has 1 aliphatic heterocycles. The van der Waals surface area contributed by atoms with Crippen molar-refractivity contribution in [2.24, 2.45) is 5.10 Å². The molecular formula is C25H28N4O6S. The Morgan fingerprint density at radius 2 is 1.86 bits per heavy atom.